The number of hydrogen-bond acceptors (Lipinski definition) is 7. The lowest BCUT2D eigenvalue weighted by atomic mass is 10.0. The van der Waals surface area contributed by atoms with E-state index in [2.05, 4.69) is 15.5 Å². The number of hydrogen-bond donors (Lipinski definition) is 1. The van der Waals surface area contributed by atoms with Crippen LogP contribution in [0.4, 0.5) is 17.1 Å². The molecular formula is C16H15N5O4. The van der Waals surface area contributed by atoms with E-state index in [1.165, 1.54) is 12.1 Å². The number of nitrogens with one attached hydrogen (secondary N) is 1. The number of nitro benzene ring substituents is 2. The number of nitrogens with zero attached hydrogens (tertiary/aromatic N) is 4. The second-order valence-electron chi connectivity index (χ2n) is 5.63. The van der Waals surface area contributed by atoms with Gasteiger partial charge in [0, 0.05) is 29.6 Å². The molecule has 2 aromatic rings. The summed E-state index contributed by atoms with van der Waals surface area (Å²) in [6, 6.07) is 9.11. The largest absolute Gasteiger partial charge is 0.301 e. The number of benzene rings is 1. The zero-order valence-corrected chi connectivity index (χ0v) is 13.2. The zero-order chi connectivity index (χ0) is 17.8. The van der Waals surface area contributed by atoms with Gasteiger partial charge in [-0.15, -0.1) is 0 Å². The first-order valence-electron chi connectivity index (χ1n) is 7.72. The van der Waals surface area contributed by atoms with Gasteiger partial charge in [-0.2, -0.15) is 5.10 Å². The highest BCUT2D eigenvalue weighted by Crippen LogP contribution is 2.32. The number of pyridine rings is 1. The molecule has 1 unspecified atom stereocenters. The highest BCUT2D eigenvalue weighted by Gasteiger charge is 2.26. The van der Waals surface area contributed by atoms with Crippen molar-refractivity contribution in [3.8, 4) is 0 Å². The maximum atomic E-state index is 11.2. The molecule has 9 heteroatoms. The van der Waals surface area contributed by atoms with Gasteiger partial charge in [0.1, 0.15) is 5.69 Å². The van der Waals surface area contributed by atoms with Gasteiger partial charge in [-0.1, -0.05) is 6.07 Å². The SMILES string of the molecule is O=[N+]([O-])c1ccc(NN=C2CCCC2c2ccccn2)c([N+](=O)[O-])c1. The summed E-state index contributed by atoms with van der Waals surface area (Å²) < 4.78 is 0. The molecule has 0 saturated heterocycles. The summed E-state index contributed by atoms with van der Waals surface area (Å²) in [7, 11) is 0. The minimum atomic E-state index is -0.670. The first kappa shape index (κ1) is 16.5. The molecule has 9 nitrogen and oxygen atoms in total. The van der Waals surface area contributed by atoms with Crippen molar-refractivity contribution in [1.29, 1.82) is 0 Å². The second kappa shape index (κ2) is 7.04. The molecule has 3 rings (SSSR count). The van der Waals surface area contributed by atoms with Gasteiger partial charge in [-0.25, -0.2) is 0 Å². The average Bonchev–Trinajstić information content (AvgIpc) is 3.09. The molecule has 1 aliphatic carbocycles. The van der Waals surface area contributed by atoms with Crippen molar-refractivity contribution in [2.45, 2.75) is 25.2 Å². The van der Waals surface area contributed by atoms with E-state index < -0.39 is 9.85 Å². The van der Waals surface area contributed by atoms with E-state index in [9.17, 15) is 20.2 Å². The molecule has 1 aromatic heterocycles. The predicted octanol–water partition coefficient (Wildman–Crippen LogP) is 3.63. The molecular weight excluding hydrogens is 326 g/mol. The second-order valence-corrected chi connectivity index (χ2v) is 5.63. The molecule has 0 amide bonds. The predicted molar refractivity (Wildman–Crippen MR) is 91.6 cm³/mol. The van der Waals surface area contributed by atoms with Gasteiger partial charge in [0.2, 0.25) is 0 Å². The van der Waals surface area contributed by atoms with Gasteiger partial charge in [-0.05, 0) is 37.5 Å². The first-order chi connectivity index (χ1) is 12.1. The highest BCUT2D eigenvalue weighted by atomic mass is 16.6. The molecule has 1 heterocycles. The van der Waals surface area contributed by atoms with Gasteiger partial charge >= 0.3 is 5.69 Å². The van der Waals surface area contributed by atoms with Gasteiger partial charge in [0.05, 0.1) is 15.9 Å². The van der Waals surface area contributed by atoms with Crippen molar-refractivity contribution >= 4 is 22.8 Å². The van der Waals surface area contributed by atoms with Crippen molar-refractivity contribution < 1.29 is 9.85 Å². The average molecular weight is 341 g/mol. The Kier molecular flexibility index (Phi) is 4.64. The third-order valence-electron chi connectivity index (χ3n) is 4.08. The molecule has 1 atom stereocenters. The summed E-state index contributed by atoms with van der Waals surface area (Å²) in [5.41, 5.74) is 3.88. The van der Waals surface area contributed by atoms with Crippen molar-refractivity contribution in [2.24, 2.45) is 5.10 Å². The number of anilines is 1. The molecule has 1 saturated carbocycles. The van der Waals surface area contributed by atoms with Gasteiger partial charge in [-0.3, -0.25) is 30.6 Å². The van der Waals surface area contributed by atoms with E-state index in [1.54, 1.807) is 6.20 Å². The van der Waals surface area contributed by atoms with Crippen LogP contribution in [0, 0.1) is 20.2 Å². The number of rotatable bonds is 5. The molecule has 1 fully saturated rings. The van der Waals surface area contributed by atoms with Crippen LogP contribution in [-0.2, 0) is 0 Å². The minimum absolute atomic E-state index is 0.0748. The number of nitro groups is 2. The molecule has 128 valence electrons. The van der Waals surface area contributed by atoms with E-state index in [0.29, 0.717) is 0 Å². The smallest absolute Gasteiger partial charge is 0.272 e. The maximum Gasteiger partial charge on any atom is 0.301 e. The van der Waals surface area contributed by atoms with Crippen molar-refractivity contribution in [3.05, 3.63) is 68.5 Å². The molecule has 0 aliphatic heterocycles. The number of hydrazone groups is 1. The molecule has 0 radical (unpaired) electrons. The fourth-order valence-electron chi connectivity index (χ4n) is 2.87. The lowest BCUT2D eigenvalue weighted by Gasteiger charge is -2.11. The third kappa shape index (κ3) is 3.60. The topological polar surface area (TPSA) is 124 Å². The Morgan fingerprint density at radius 2 is 2.00 bits per heavy atom. The van der Waals surface area contributed by atoms with Crippen molar-refractivity contribution in [3.63, 3.8) is 0 Å². The summed E-state index contributed by atoms with van der Waals surface area (Å²) in [5, 5.41) is 26.3. The van der Waals surface area contributed by atoms with Crippen molar-refractivity contribution in [1.82, 2.24) is 4.98 Å². The lowest BCUT2D eigenvalue weighted by Crippen LogP contribution is -2.09. The Morgan fingerprint density at radius 3 is 2.68 bits per heavy atom. The molecule has 25 heavy (non-hydrogen) atoms. The lowest BCUT2D eigenvalue weighted by molar-refractivity contribution is -0.393. The van der Waals surface area contributed by atoms with Crippen LogP contribution in [0.3, 0.4) is 0 Å². The Hall–Kier alpha value is -3.36. The summed E-state index contributed by atoms with van der Waals surface area (Å²) in [5.74, 6) is 0.0748. The summed E-state index contributed by atoms with van der Waals surface area (Å²) in [4.78, 5) is 25.0. The van der Waals surface area contributed by atoms with Gasteiger partial charge in [0.15, 0.2) is 0 Å². The monoisotopic (exact) mass is 341 g/mol. The third-order valence-corrected chi connectivity index (χ3v) is 4.08. The van der Waals surface area contributed by atoms with Crippen LogP contribution in [0.15, 0.2) is 47.7 Å². The quantitative estimate of drug-likeness (QED) is 0.654. The molecule has 1 aromatic carbocycles. The van der Waals surface area contributed by atoms with Crippen LogP contribution in [-0.4, -0.2) is 20.5 Å². The van der Waals surface area contributed by atoms with Gasteiger partial charge < -0.3 is 0 Å². The minimum Gasteiger partial charge on any atom is -0.272 e. The number of non-ortho nitro benzene ring substituents is 1. The molecule has 0 bridgehead atoms. The van der Waals surface area contributed by atoms with Gasteiger partial charge in [0.25, 0.3) is 5.69 Å². The summed E-state index contributed by atoms with van der Waals surface area (Å²) in [6.45, 7) is 0. The first-order valence-corrected chi connectivity index (χ1v) is 7.72. The van der Waals surface area contributed by atoms with Crippen molar-refractivity contribution in [2.75, 3.05) is 5.43 Å². The maximum absolute atomic E-state index is 11.2. The summed E-state index contributed by atoms with van der Waals surface area (Å²) in [6.07, 6.45) is 4.37. The highest BCUT2D eigenvalue weighted by molar-refractivity contribution is 5.93. The van der Waals surface area contributed by atoms with Crippen LogP contribution in [0.5, 0.6) is 0 Å². The standard InChI is InChI=1S/C16H15N5O4/c22-20(23)11-7-8-15(16(10-11)21(24)25)19-18-14-6-3-4-12(14)13-5-1-2-9-17-13/h1-2,5,7-10,12,19H,3-4,6H2. The van der Waals surface area contributed by atoms with E-state index in [-0.39, 0.29) is 23.0 Å². The Balaban J connectivity index is 1.86. The van der Waals surface area contributed by atoms with Crippen LogP contribution >= 0.6 is 0 Å². The fourth-order valence-corrected chi connectivity index (χ4v) is 2.87. The molecule has 1 aliphatic rings. The Labute approximate surface area is 142 Å². The van der Waals surface area contributed by atoms with E-state index in [1.807, 2.05) is 18.2 Å². The Morgan fingerprint density at radius 1 is 1.16 bits per heavy atom. The molecule has 0 spiro atoms. The molecule has 1 N–H and O–H groups in total. The van der Waals surface area contributed by atoms with Crippen LogP contribution in [0.25, 0.3) is 0 Å². The zero-order valence-electron chi connectivity index (χ0n) is 13.2. The van der Waals surface area contributed by atoms with Crippen LogP contribution < -0.4 is 5.43 Å². The summed E-state index contributed by atoms with van der Waals surface area (Å²) >= 11 is 0. The van der Waals surface area contributed by atoms with Crippen LogP contribution in [0.2, 0.25) is 0 Å². The number of aromatic nitrogens is 1. The normalized spacial score (nSPS) is 18.2. The Bertz CT molecular complexity index is 838. The van der Waals surface area contributed by atoms with Crippen LogP contribution in [0.1, 0.15) is 30.9 Å². The van der Waals surface area contributed by atoms with E-state index in [4.69, 9.17) is 0 Å². The van der Waals surface area contributed by atoms with E-state index >= 15 is 0 Å². The van der Waals surface area contributed by atoms with E-state index in [0.717, 1.165) is 36.7 Å². The fraction of sp³-hybridized carbons (Fsp3) is 0.250.